The first kappa shape index (κ1) is 17.8. The van der Waals surface area contributed by atoms with Gasteiger partial charge in [-0.3, -0.25) is 4.79 Å². The summed E-state index contributed by atoms with van der Waals surface area (Å²) >= 11 is 0. The van der Waals surface area contributed by atoms with Crippen LogP contribution < -0.4 is 5.32 Å². The summed E-state index contributed by atoms with van der Waals surface area (Å²) in [6.45, 7) is 5.18. The van der Waals surface area contributed by atoms with Gasteiger partial charge in [-0.05, 0) is 39.2 Å². The molecule has 0 saturated heterocycles. The van der Waals surface area contributed by atoms with Crippen LogP contribution in [0, 0.1) is 25.2 Å². The van der Waals surface area contributed by atoms with Gasteiger partial charge in [0.2, 0.25) is 0 Å². The van der Waals surface area contributed by atoms with Crippen LogP contribution in [0.4, 0.5) is 5.82 Å². The van der Waals surface area contributed by atoms with Crippen LogP contribution in [0.15, 0.2) is 12.2 Å². The molecule has 6 heteroatoms. The van der Waals surface area contributed by atoms with Crippen molar-refractivity contribution >= 4 is 17.7 Å². The highest BCUT2D eigenvalue weighted by Gasteiger charge is 2.26. The van der Waals surface area contributed by atoms with E-state index < -0.39 is 11.9 Å². The number of nitriles is 1. The summed E-state index contributed by atoms with van der Waals surface area (Å²) in [4.78, 5) is 23.5. The number of hydrogen-bond donors (Lipinski definition) is 1. The second kappa shape index (κ2) is 7.82. The molecule has 0 spiro atoms. The normalized spacial score (nSPS) is 14.8. The van der Waals surface area contributed by atoms with Gasteiger partial charge in [-0.15, -0.1) is 0 Å². The van der Waals surface area contributed by atoms with E-state index in [2.05, 4.69) is 16.0 Å². The van der Waals surface area contributed by atoms with Crippen molar-refractivity contribution in [3.8, 4) is 6.07 Å². The highest BCUT2D eigenvalue weighted by atomic mass is 16.5. The van der Waals surface area contributed by atoms with Crippen LogP contribution in [0.25, 0.3) is 0 Å². The fraction of sp³-hybridized carbons (Fsp3) is 0.500. The average molecular weight is 329 g/mol. The van der Waals surface area contributed by atoms with Crippen molar-refractivity contribution < 1.29 is 14.3 Å². The number of carbonyl (C=O) groups is 2. The number of amides is 1. The van der Waals surface area contributed by atoms with Crippen LogP contribution in [-0.2, 0) is 14.3 Å². The molecule has 1 aromatic heterocycles. The van der Waals surface area contributed by atoms with Crippen LogP contribution >= 0.6 is 0 Å². The molecule has 0 unspecified atom stereocenters. The fourth-order valence-corrected chi connectivity index (χ4v) is 3.19. The minimum absolute atomic E-state index is 0.298. The Hall–Kier alpha value is -2.55. The molecule has 0 aromatic carbocycles. The number of nitrogens with zero attached hydrogens (tertiary/aromatic N) is 2. The number of nitrogens with one attached hydrogen (secondary N) is 1. The molecule has 1 N–H and O–H groups in total. The summed E-state index contributed by atoms with van der Waals surface area (Å²) in [7, 11) is 0. The van der Waals surface area contributed by atoms with Gasteiger partial charge in [0.05, 0.1) is 5.56 Å². The Morgan fingerprint density at radius 2 is 2.04 bits per heavy atom. The zero-order valence-corrected chi connectivity index (χ0v) is 14.4. The Labute approximate surface area is 142 Å². The summed E-state index contributed by atoms with van der Waals surface area (Å²) in [5, 5.41) is 12.2. The maximum absolute atomic E-state index is 12.1. The number of aromatic nitrogens is 1. The Morgan fingerprint density at radius 3 is 2.62 bits per heavy atom. The van der Waals surface area contributed by atoms with Crippen molar-refractivity contribution in [2.75, 3.05) is 11.9 Å². The first-order valence-corrected chi connectivity index (χ1v) is 8.20. The highest BCUT2D eigenvalue weighted by Crippen LogP contribution is 2.37. The molecule has 1 aliphatic carbocycles. The van der Waals surface area contributed by atoms with Gasteiger partial charge in [0, 0.05) is 17.8 Å². The predicted octanol–water partition coefficient (Wildman–Crippen LogP) is 3.15. The number of allylic oxidation sites excluding steroid dienone is 1. The van der Waals surface area contributed by atoms with Gasteiger partial charge >= 0.3 is 5.97 Å². The third-order valence-electron chi connectivity index (χ3n) is 4.46. The molecule has 2 rings (SSSR count). The smallest absolute Gasteiger partial charge is 0.330 e. The summed E-state index contributed by atoms with van der Waals surface area (Å²) in [6, 6.07) is 2.48. The number of ether oxygens (including phenoxy) is 1. The van der Waals surface area contributed by atoms with Gasteiger partial charge in [-0.2, -0.15) is 5.26 Å². The molecule has 1 aliphatic rings. The maximum atomic E-state index is 12.1. The Morgan fingerprint density at radius 1 is 1.38 bits per heavy atom. The monoisotopic (exact) mass is 329 g/mol. The largest absolute Gasteiger partial charge is 0.452 e. The molecule has 0 radical (unpaired) electrons. The molecule has 6 nitrogen and oxygen atoms in total. The van der Waals surface area contributed by atoms with Crippen LogP contribution in [0.1, 0.15) is 55.5 Å². The van der Waals surface area contributed by atoms with Gasteiger partial charge in [0.25, 0.3) is 5.91 Å². The van der Waals surface area contributed by atoms with E-state index >= 15 is 0 Å². The number of carbonyl (C=O) groups excluding carboxylic acids is 2. The van der Waals surface area contributed by atoms with Crippen LogP contribution in [-0.4, -0.2) is 23.1 Å². The van der Waals surface area contributed by atoms with E-state index in [0.717, 1.165) is 36.9 Å². The van der Waals surface area contributed by atoms with Crippen LogP contribution in [0.5, 0.6) is 0 Å². The van der Waals surface area contributed by atoms with E-state index in [1.807, 2.05) is 13.8 Å². The molecule has 1 amide bonds. The minimum Gasteiger partial charge on any atom is -0.452 e. The topological polar surface area (TPSA) is 84.1 Å². The molecule has 1 saturated carbocycles. The van der Waals surface area contributed by atoms with E-state index in [-0.39, 0.29) is 6.61 Å². The predicted molar refractivity (Wildman–Crippen MR) is 90.5 cm³/mol. The quantitative estimate of drug-likeness (QED) is 0.664. The van der Waals surface area contributed by atoms with Crippen LogP contribution in [0.2, 0.25) is 0 Å². The number of hydrogen-bond acceptors (Lipinski definition) is 4. The summed E-state index contributed by atoms with van der Waals surface area (Å²) in [5.41, 5.74) is 2.36. The third kappa shape index (κ3) is 3.67. The van der Waals surface area contributed by atoms with Crippen molar-refractivity contribution in [1.29, 1.82) is 5.26 Å². The van der Waals surface area contributed by atoms with E-state index in [0.29, 0.717) is 17.4 Å². The zero-order chi connectivity index (χ0) is 17.7. The van der Waals surface area contributed by atoms with E-state index in [1.54, 1.807) is 13.0 Å². The summed E-state index contributed by atoms with van der Waals surface area (Å²) < 4.78 is 6.92. The average Bonchev–Trinajstić information content (AvgIpc) is 3.14. The molecular formula is C18H23N3O3. The molecule has 128 valence electrons. The van der Waals surface area contributed by atoms with Gasteiger partial charge in [0.1, 0.15) is 11.9 Å². The molecule has 1 aromatic rings. The Bertz CT molecular complexity index is 704. The lowest BCUT2D eigenvalue weighted by Gasteiger charge is -2.19. The molecule has 0 bridgehead atoms. The van der Waals surface area contributed by atoms with Crippen molar-refractivity contribution in [2.24, 2.45) is 0 Å². The van der Waals surface area contributed by atoms with E-state index in [9.17, 15) is 14.9 Å². The molecule has 0 atom stereocenters. The molecule has 1 heterocycles. The third-order valence-corrected chi connectivity index (χ3v) is 4.46. The fourth-order valence-electron chi connectivity index (χ4n) is 3.19. The highest BCUT2D eigenvalue weighted by molar-refractivity contribution is 5.94. The first-order valence-electron chi connectivity index (χ1n) is 8.20. The summed E-state index contributed by atoms with van der Waals surface area (Å²) in [5.74, 6) is -0.487. The molecule has 0 aliphatic heterocycles. The Balaban J connectivity index is 2.22. The van der Waals surface area contributed by atoms with Gasteiger partial charge in [0.15, 0.2) is 6.61 Å². The second-order valence-electron chi connectivity index (χ2n) is 6.01. The lowest BCUT2D eigenvalue weighted by atomic mass is 10.2. The molecular weight excluding hydrogens is 306 g/mol. The van der Waals surface area contributed by atoms with Crippen molar-refractivity contribution in [3.63, 3.8) is 0 Å². The zero-order valence-electron chi connectivity index (χ0n) is 14.4. The van der Waals surface area contributed by atoms with E-state index in [4.69, 9.17) is 4.74 Å². The van der Waals surface area contributed by atoms with Crippen molar-refractivity contribution in [3.05, 3.63) is 29.0 Å². The standard InChI is InChI=1S/C18H23N3O3/c1-4-7-17(23)24-11-16(22)20-18-15(10-19)12(2)13(3)21(18)14-8-5-6-9-14/h4,7,14H,5-6,8-9,11H2,1-3H3,(H,20,22)/b7-4+. The SMILES string of the molecule is C/C=C/C(=O)OCC(=O)Nc1c(C#N)c(C)c(C)n1C1CCCC1. The minimum atomic E-state index is -0.563. The number of anilines is 1. The lowest BCUT2D eigenvalue weighted by molar-refractivity contribution is -0.142. The van der Waals surface area contributed by atoms with Gasteiger partial charge in [-0.1, -0.05) is 18.9 Å². The lowest BCUT2D eigenvalue weighted by Crippen LogP contribution is -2.23. The number of esters is 1. The van der Waals surface area contributed by atoms with E-state index in [1.165, 1.54) is 6.08 Å². The molecule has 24 heavy (non-hydrogen) atoms. The first-order chi connectivity index (χ1) is 11.5. The van der Waals surface area contributed by atoms with Gasteiger partial charge < -0.3 is 14.6 Å². The Kier molecular flexibility index (Phi) is 5.80. The summed E-state index contributed by atoms with van der Waals surface area (Å²) in [6.07, 6.45) is 7.18. The molecule has 1 fully saturated rings. The van der Waals surface area contributed by atoms with Crippen molar-refractivity contribution in [2.45, 2.75) is 52.5 Å². The van der Waals surface area contributed by atoms with Gasteiger partial charge in [-0.25, -0.2) is 4.79 Å². The second-order valence-corrected chi connectivity index (χ2v) is 6.01. The number of rotatable bonds is 5. The van der Waals surface area contributed by atoms with Crippen LogP contribution in [0.3, 0.4) is 0 Å². The maximum Gasteiger partial charge on any atom is 0.330 e. The van der Waals surface area contributed by atoms with Crippen molar-refractivity contribution in [1.82, 2.24) is 4.57 Å².